The SMILES string of the molecule is CCOc1cc2cc(N)c(N)cc2s1. The standard InChI is InChI=1S/C10H12N2OS/c1-2-13-10-4-6-3-7(11)8(12)5-9(6)14-10/h3-5H,2,11-12H2,1H3. The van der Waals surface area contributed by atoms with Crippen LogP contribution in [0.2, 0.25) is 0 Å². The van der Waals surface area contributed by atoms with Gasteiger partial charge < -0.3 is 16.2 Å². The zero-order valence-electron chi connectivity index (χ0n) is 7.91. The fourth-order valence-electron chi connectivity index (χ4n) is 1.31. The third-order valence-corrected chi connectivity index (χ3v) is 3.00. The molecule has 1 aromatic heterocycles. The topological polar surface area (TPSA) is 61.3 Å². The van der Waals surface area contributed by atoms with E-state index in [1.54, 1.807) is 11.3 Å². The first kappa shape index (κ1) is 9.15. The van der Waals surface area contributed by atoms with Gasteiger partial charge in [0.2, 0.25) is 0 Å². The van der Waals surface area contributed by atoms with E-state index in [-0.39, 0.29) is 0 Å². The Bertz CT molecular complexity index is 425. The number of rotatable bonds is 2. The molecule has 0 aliphatic carbocycles. The Morgan fingerprint density at radius 1 is 1.21 bits per heavy atom. The molecule has 0 aliphatic rings. The fraction of sp³-hybridized carbons (Fsp3) is 0.200. The van der Waals surface area contributed by atoms with E-state index in [4.69, 9.17) is 16.2 Å². The van der Waals surface area contributed by atoms with Crippen molar-refractivity contribution >= 4 is 32.8 Å². The quantitative estimate of drug-likeness (QED) is 0.745. The Hall–Kier alpha value is -1.42. The van der Waals surface area contributed by atoms with Crippen LogP contribution in [0.4, 0.5) is 11.4 Å². The lowest BCUT2D eigenvalue weighted by Crippen LogP contribution is -1.92. The number of benzene rings is 1. The number of anilines is 2. The smallest absolute Gasteiger partial charge is 0.174 e. The van der Waals surface area contributed by atoms with Crippen LogP contribution >= 0.6 is 11.3 Å². The molecule has 0 atom stereocenters. The van der Waals surface area contributed by atoms with Crippen molar-refractivity contribution < 1.29 is 4.74 Å². The van der Waals surface area contributed by atoms with E-state index in [2.05, 4.69) is 0 Å². The molecule has 0 aliphatic heterocycles. The van der Waals surface area contributed by atoms with E-state index in [0.29, 0.717) is 18.0 Å². The zero-order valence-corrected chi connectivity index (χ0v) is 8.73. The van der Waals surface area contributed by atoms with Gasteiger partial charge in [-0.3, -0.25) is 0 Å². The van der Waals surface area contributed by atoms with Crippen LogP contribution in [0.5, 0.6) is 5.06 Å². The molecule has 1 aromatic carbocycles. The van der Waals surface area contributed by atoms with Gasteiger partial charge in [0.25, 0.3) is 0 Å². The third-order valence-electron chi connectivity index (χ3n) is 1.99. The highest BCUT2D eigenvalue weighted by Gasteiger charge is 2.04. The highest BCUT2D eigenvalue weighted by molar-refractivity contribution is 7.20. The van der Waals surface area contributed by atoms with Crippen LogP contribution in [0.25, 0.3) is 10.1 Å². The van der Waals surface area contributed by atoms with E-state index < -0.39 is 0 Å². The summed E-state index contributed by atoms with van der Waals surface area (Å²) in [5, 5.41) is 2.00. The fourth-order valence-corrected chi connectivity index (χ4v) is 2.31. The van der Waals surface area contributed by atoms with Crippen molar-refractivity contribution in [3.8, 4) is 5.06 Å². The van der Waals surface area contributed by atoms with Gasteiger partial charge in [-0.05, 0) is 30.5 Å². The summed E-state index contributed by atoms with van der Waals surface area (Å²) in [4.78, 5) is 0. The van der Waals surface area contributed by atoms with E-state index in [1.807, 2.05) is 25.1 Å². The molecule has 14 heavy (non-hydrogen) atoms. The van der Waals surface area contributed by atoms with Gasteiger partial charge in [0, 0.05) is 4.70 Å². The third kappa shape index (κ3) is 1.48. The van der Waals surface area contributed by atoms with Gasteiger partial charge in [0.15, 0.2) is 5.06 Å². The van der Waals surface area contributed by atoms with Crippen LogP contribution in [0.15, 0.2) is 18.2 Å². The second-order valence-corrected chi connectivity index (χ2v) is 4.06. The number of nitrogens with two attached hydrogens (primary N) is 2. The Balaban J connectivity index is 2.54. The molecule has 0 bridgehead atoms. The van der Waals surface area contributed by atoms with Crippen molar-refractivity contribution in [1.29, 1.82) is 0 Å². The van der Waals surface area contributed by atoms with Crippen LogP contribution in [-0.2, 0) is 0 Å². The Morgan fingerprint density at radius 3 is 2.64 bits per heavy atom. The van der Waals surface area contributed by atoms with Gasteiger partial charge in [-0.15, -0.1) is 0 Å². The summed E-state index contributed by atoms with van der Waals surface area (Å²) in [5.41, 5.74) is 12.7. The molecular formula is C10H12N2OS. The lowest BCUT2D eigenvalue weighted by molar-refractivity contribution is 0.350. The highest BCUT2D eigenvalue weighted by atomic mass is 32.1. The van der Waals surface area contributed by atoms with Crippen LogP contribution in [0.3, 0.4) is 0 Å². The van der Waals surface area contributed by atoms with Gasteiger partial charge in [-0.25, -0.2) is 0 Å². The summed E-state index contributed by atoms with van der Waals surface area (Å²) in [6.07, 6.45) is 0. The molecule has 0 unspecified atom stereocenters. The molecule has 2 aromatic rings. The maximum absolute atomic E-state index is 5.71. The van der Waals surface area contributed by atoms with E-state index in [1.165, 1.54) is 0 Å². The second kappa shape index (κ2) is 3.38. The minimum atomic E-state index is 0.623. The Labute approximate surface area is 86.3 Å². The molecule has 0 radical (unpaired) electrons. The van der Waals surface area contributed by atoms with Crippen LogP contribution < -0.4 is 16.2 Å². The first-order valence-electron chi connectivity index (χ1n) is 4.42. The van der Waals surface area contributed by atoms with Gasteiger partial charge in [0.1, 0.15) is 0 Å². The lowest BCUT2D eigenvalue weighted by atomic mass is 10.2. The number of fused-ring (bicyclic) bond motifs is 1. The molecule has 0 fully saturated rings. The van der Waals surface area contributed by atoms with Crippen molar-refractivity contribution in [1.82, 2.24) is 0 Å². The Morgan fingerprint density at radius 2 is 1.93 bits per heavy atom. The van der Waals surface area contributed by atoms with Gasteiger partial charge in [-0.2, -0.15) is 0 Å². The zero-order chi connectivity index (χ0) is 10.1. The van der Waals surface area contributed by atoms with Gasteiger partial charge in [-0.1, -0.05) is 11.3 Å². The summed E-state index contributed by atoms with van der Waals surface area (Å²) in [5.74, 6) is 0. The monoisotopic (exact) mass is 208 g/mol. The number of ether oxygens (including phenoxy) is 1. The van der Waals surface area contributed by atoms with Crippen molar-refractivity contribution in [3.05, 3.63) is 18.2 Å². The molecule has 0 saturated carbocycles. The normalized spacial score (nSPS) is 10.6. The first-order valence-corrected chi connectivity index (χ1v) is 5.23. The average Bonchev–Trinajstić information content (AvgIpc) is 2.48. The summed E-state index contributed by atoms with van der Waals surface area (Å²) < 4.78 is 6.52. The second-order valence-electron chi connectivity index (χ2n) is 3.02. The molecule has 74 valence electrons. The predicted molar refractivity (Wildman–Crippen MR) is 61.8 cm³/mol. The summed E-state index contributed by atoms with van der Waals surface area (Å²) >= 11 is 1.59. The molecule has 4 N–H and O–H groups in total. The highest BCUT2D eigenvalue weighted by Crippen LogP contribution is 2.35. The predicted octanol–water partition coefficient (Wildman–Crippen LogP) is 2.46. The molecule has 4 heteroatoms. The van der Waals surface area contributed by atoms with Crippen LogP contribution in [-0.4, -0.2) is 6.61 Å². The molecule has 3 nitrogen and oxygen atoms in total. The summed E-state index contributed by atoms with van der Waals surface area (Å²) in [7, 11) is 0. The molecule has 2 rings (SSSR count). The molecule has 1 heterocycles. The number of thiophene rings is 1. The Kier molecular flexibility index (Phi) is 2.21. The molecule has 0 amide bonds. The van der Waals surface area contributed by atoms with E-state index in [9.17, 15) is 0 Å². The average molecular weight is 208 g/mol. The van der Waals surface area contributed by atoms with Gasteiger partial charge >= 0.3 is 0 Å². The summed E-state index contributed by atoms with van der Waals surface area (Å²) in [6.45, 7) is 2.64. The number of hydrogen-bond donors (Lipinski definition) is 2. The molecule has 0 saturated heterocycles. The maximum atomic E-state index is 5.71. The lowest BCUT2D eigenvalue weighted by Gasteiger charge is -1.97. The first-order chi connectivity index (χ1) is 6.70. The number of hydrogen-bond acceptors (Lipinski definition) is 4. The largest absolute Gasteiger partial charge is 0.484 e. The maximum Gasteiger partial charge on any atom is 0.174 e. The van der Waals surface area contributed by atoms with Crippen LogP contribution in [0.1, 0.15) is 6.92 Å². The minimum Gasteiger partial charge on any atom is -0.484 e. The van der Waals surface area contributed by atoms with Crippen molar-refractivity contribution in [2.45, 2.75) is 6.92 Å². The van der Waals surface area contributed by atoms with Crippen molar-refractivity contribution in [2.24, 2.45) is 0 Å². The molecule has 0 spiro atoms. The van der Waals surface area contributed by atoms with Crippen molar-refractivity contribution in [3.63, 3.8) is 0 Å². The van der Waals surface area contributed by atoms with Crippen molar-refractivity contribution in [2.75, 3.05) is 18.1 Å². The minimum absolute atomic E-state index is 0.623. The van der Waals surface area contributed by atoms with E-state index >= 15 is 0 Å². The number of nitrogen functional groups attached to an aromatic ring is 2. The van der Waals surface area contributed by atoms with Crippen LogP contribution in [0, 0.1) is 0 Å². The van der Waals surface area contributed by atoms with E-state index in [0.717, 1.165) is 15.1 Å². The summed E-state index contributed by atoms with van der Waals surface area (Å²) in [6, 6.07) is 5.75. The van der Waals surface area contributed by atoms with Gasteiger partial charge in [0.05, 0.1) is 18.0 Å². The molecular weight excluding hydrogens is 196 g/mol.